The minimum Gasteiger partial charge on any atom is -0.496 e. The Kier molecular flexibility index (Phi) is 8.46. The number of fused-ring (bicyclic) bond motifs is 4. The van der Waals surface area contributed by atoms with Gasteiger partial charge in [0, 0.05) is 33.8 Å². The Morgan fingerprint density at radius 2 is 0.970 bits per heavy atom. The van der Waals surface area contributed by atoms with Crippen LogP contribution in [0.5, 0.6) is 11.5 Å². The molecule has 0 fully saturated rings. The molecule has 1 aliphatic carbocycles. The third-order valence-corrected chi connectivity index (χ3v) is 8.46. The fraction of sp³-hybridized carbons (Fsp3) is 0.533. The van der Waals surface area contributed by atoms with Crippen LogP contribution in [0.1, 0.15) is 98.6 Å². The molecule has 0 saturated heterocycles. The van der Waals surface area contributed by atoms with Gasteiger partial charge >= 0.3 is 0 Å². The van der Waals surface area contributed by atoms with Gasteiger partial charge in [0.25, 0.3) is 0 Å². The summed E-state index contributed by atoms with van der Waals surface area (Å²) in [5.74, 6) is 4.01. The lowest BCUT2D eigenvalue weighted by Crippen LogP contribution is -2.01. The normalized spacial score (nSPS) is 20.0. The quantitative estimate of drug-likeness (QED) is 0.443. The molecule has 0 unspecified atom stereocenters. The molecular weight excluding hydrogens is 424 g/mol. The third-order valence-electron chi connectivity index (χ3n) is 7.43. The molecule has 2 aliphatic rings. The highest BCUT2D eigenvalue weighted by Crippen LogP contribution is 2.42. The first-order chi connectivity index (χ1) is 16.1. The molecule has 0 aromatic heterocycles. The molecule has 1 aliphatic heterocycles. The Bertz CT molecular complexity index is 925. The molecule has 33 heavy (non-hydrogen) atoms. The lowest BCUT2D eigenvalue weighted by molar-refractivity contribution is 0.409. The van der Waals surface area contributed by atoms with Crippen molar-refractivity contribution in [1.82, 2.24) is 0 Å². The van der Waals surface area contributed by atoms with E-state index in [0.29, 0.717) is 0 Å². The summed E-state index contributed by atoms with van der Waals surface area (Å²) in [7, 11) is 3.65. The Hall–Kier alpha value is -1.87. The number of ether oxygens (including phenoxy) is 2. The number of allylic oxidation sites excluding steroid dienone is 2. The lowest BCUT2D eigenvalue weighted by Gasteiger charge is -2.19. The maximum atomic E-state index is 6.03. The molecule has 4 rings (SSSR count). The number of rotatable bonds is 2. The molecular formula is C30H40O2S. The Morgan fingerprint density at radius 3 is 1.36 bits per heavy atom. The zero-order valence-electron chi connectivity index (χ0n) is 21.0. The molecule has 6 bridgehead atoms. The van der Waals surface area contributed by atoms with Crippen LogP contribution in [0.4, 0.5) is 0 Å². The summed E-state index contributed by atoms with van der Waals surface area (Å²) in [6, 6.07) is 9.60. The molecule has 0 saturated carbocycles. The first-order valence-electron chi connectivity index (χ1n) is 12.8. The van der Waals surface area contributed by atoms with E-state index in [1.165, 1.54) is 95.9 Å². The number of methoxy groups -OCH3 is 2. The van der Waals surface area contributed by atoms with Crippen LogP contribution in [0, 0.1) is 0 Å². The van der Waals surface area contributed by atoms with Gasteiger partial charge in [-0.25, -0.2) is 0 Å². The predicted octanol–water partition coefficient (Wildman–Crippen LogP) is 8.62. The van der Waals surface area contributed by atoms with E-state index in [0.717, 1.165) is 35.8 Å². The minimum atomic E-state index is 0.957. The topological polar surface area (TPSA) is 18.5 Å². The van der Waals surface area contributed by atoms with Gasteiger partial charge in [-0.05, 0) is 73.9 Å². The smallest absolute Gasteiger partial charge is 0.130 e. The molecule has 1 heterocycles. The van der Waals surface area contributed by atoms with E-state index < -0.39 is 0 Å². The first kappa shape index (κ1) is 24.3. The van der Waals surface area contributed by atoms with Crippen molar-refractivity contribution in [2.24, 2.45) is 0 Å². The summed E-state index contributed by atoms with van der Waals surface area (Å²) in [4.78, 5) is 0. The van der Waals surface area contributed by atoms with Crippen molar-refractivity contribution in [1.29, 1.82) is 0 Å². The molecule has 0 spiro atoms. The highest BCUT2D eigenvalue weighted by atomic mass is 32.2. The van der Waals surface area contributed by atoms with Crippen LogP contribution < -0.4 is 9.47 Å². The maximum Gasteiger partial charge on any atom is 0.130 e. The number of thioether (sulfide) groups is 1. The highest BCUT2D eigenvalue weighted by Gasteiger charge is 2.21. The molecule has 0 amide bonds. The summed E-state index contributed by atoms with van der Waals surface area (Å²) in [6.07, 6.45) is 13.0. The van der Waals surface area contributed by atoms with Gasteiger partial charge in [0.1, 0.15) is 11.5 Å². The average Bonchev–Trinajstić information content (AvgIpc) is 2.83. The highest BCUT2D eigenvalue weighted by molar-refractivity contribution is 7.97. The van der Waals surface area contributed by atoms with Gasteiger partial charge in [0.15, 0.2) is 0 Å². The molecule has 0 radical (unpaired) electrons. The largest absolute Gasteiger partial charge is 0.496 e. The monoisotopic (exact) mass is 464 g/mol. The molecule has 0 atom stereocenters. The van der Waals surface area contributed by atoms with Crippen molar-refractivity contribution in [3.63, 3.8) is 0 Å². The summed E-state index contributed by atoms with van der Waals surface area (Å²) >= 11 is 1.97. The second kappa shape index (κ2) is 11.5. The Balaban J connectivity index is 1.90. The fourth-order valence-corrected chi connectivity index (χ4v) is 6.42. The van der Waals surface area contributed by atoms with E-state index in [1.807, 2.05) is 26.0 Å². The number of benzene rings is 2. The van der Waals surface area contributed by atoms with Gasteiger partial charge in [-0.2, -0.15) is 11.8 Å². The van der Waals surface area contributed by atoms with E-state index >= 15 is 0 Å². The van der Waals surface area contributed by atoms with Gasteiger partial charge in [-0.15, -0.1) is 0 Å². The Labute approximate surface area is 205 Å². The van der Waals surface area contributed by atoms with Crippen molar-refractivity contribution in [2.45, 2.75) is 89.6 Å². The van der Waals surface area contributed by atoms with E-state index in [1.54, 1.807) is 0 Å². The minimum absolute atomic E-state index is 0.957. The van der Waals surface area contributed by atoms with Gasteiger partial charge in [0.2, 0.25) is 0 Å². The SMILES string of the molecule is COc1c2cc3cc1/C(C)=C(/C)c1cc(cc(c1OC)CSC2)CCCCCCCCCC3. The zero-order chi connectivity index (χ0) is 23.2. The number of hydrogen-bond acceptors (Lipinski definition) is 3. The van der Waals surface area contributed by atoms with Gasteiger partial charge in [-0.1, -0.05) is 50.7 Å². The molecule has 3 heteroatoms. The van der Waals surface area contributed by atoms with Crippen LogP contribution in [-0.4, -0.2) is 14.2 Å². The van der Waals surface area contributed by atoms with E-state index in [-0.39, 0.29) is 0 Å². The van der Waals surface area contributed by atoms with E-state index in [4.69, 9.17) is 9.47 Å². The number of aryl methyl sites for hydroxylation is 2. The first-order valence-corrected chi connectivity index (χ1v) is 13.9. The second-order valence-electron chi connectivity index (χ2n) is 9.74. The predicted molar refractivity (Wildman–Crippen MR) is 143 cm³/mol. The molecule has 0 N–H and O–H groups in total. The van der Waals surface area contributed by atoms with Crippen LogP contribution in [0.2, 0.25) is 0 Å². The van der Waals surface area contributed by atoms with Crippen molar-refractivity contribution < 1.29 is 9.47 Å². The molecule has 2 nitrogen and oxygen atoms in total. The molecule has 2 aromatic rings. The van der Waals surface area contributed by atoms with Crippen molar-refractivity contribution >= 4 is 22.9 Å². The average molecular weight is 465 g/mol. The van der Waals surface area contributed by atoms with E-state index in [9.17, 15) is 0 Å². The number of hydrogen-bond donors (Lipinski definition) is 0. The summed E-state index contributed by atoms with van der Waals surface area (Å²) in [5.41, 5.74) is 10.7. The summed E-state index contributed by atoms with van der Waals surface area (Å²) in [5, 5.41) is 0. The third kappa shape index (κ3) is 5.62. The van der Waals surface area contributed by atoms with Crippen molar-refractivity contribution in [3.8, 4) is 11.5 Å². The standard InChI is InChI=1S/C30H40O2S/c1-21-22(2)28-18-24-14-12-10-8-6-5-7-9-11-13-23-15-25(29(31-3)27(21)17-23)19-33-20-26(16-24)30(28)32-4/h15-18H,5-14,19-20H2,1-4H3/b22-21-. The lowest BCUT2D eigenvalue weighted by atomic mass is 9.90. The fourth-order valence-electron chi connectivity index (χ4n) is 5.45. The second-order valence-corrected chi connectivity index (χ2v) is 10.7. The van der Waals surface area contributed by atoms with Gasteiger partial charge < -0.3 is 9.47 Å². The van der Waals surface area contributed by atoms with Gasteiger partial charge in [-0.3, -0.25) is 0 Å². The van der Waals surface area contributed by atoms with Crippen molar-refractivity contribution in [2.75, 3.05) is 14.2 Å². The van der Waals surface area contributed by atoms with Crippen LogP contribution in [0.25, 0.3) is 11.1 Å². The van der Waals surface area contributed by atoms with Crippen LogP contribution >= 0.6 is 11.8 Å². The Morgan fingerprint density at radius 1 is 0.576 bits per heavy atom. The molecule has 2 aromatic carbocycles. The maximum absolute atomic E-state index is 6.03. The van der Waals surface area contributed by atoms with Crippen molar-refractivity contribution in [3.05, 3.63) is 57.6 Å². The van der Waals surface area contributed by atoms with Crippen LogP contribution in [-0.2, 0) is 24.3 Å². The molecule has 178 valence electrons. The zero-order valence-corrected chi connectivity index (χ0v) is 21.8. The van der Waals surface area contributed by atoms with Crippen LogP contribution in [0.3, 0.4) is 0 Å². The summed E-state index contributed by atoms with van der Waals surface area (Å²) < 4.78 is 12.1. The van der Waals surface area contributed by atoms with Crippen LogP contribution in [0.15, 0.2) is 24.3 Å². The van der Waals surface area contributed by atoms with E-state index in [2.05, 4.69) is 38.1 Å². The van der Waals surface area contributed by atoms with Gasteiger partial charge in [0.05, 0.1) is 14.2 Å². The summed E-state index contributed by atoms with van der Waals surface area (Å²) in [6.45, 7) is 4.52.